The van der Waals surface area contributed by atoms with E-state index in [0.29, 0.717) is 17.3 Å². The fourth-order valence-electron chi connectivity index (χ4n) is 7.54. The average molecular weight is 470 g/mol. The Morgan fingerprint density at radius 2 is 1.88 bits per heavy atom. The molecule has 0 amide bonds. The van der Waals surface area contributed by atoms with E-state index >= 15 is 0 Å². The maximum Gasteiger partial charge on any atom is 0.0206 e. The van der Waals surface area contributed by atoms with E-state index in [9.17, 15) is 0 Å². The number of hydrogen-bond donors (Lipinski definition) is 1. The molecule has 6 unspecified atom stereocenters. The lowest BCUT2D eigenvalue weighted by molar-refractivity contribution is 0.294. The summed E-state index contributed by atoms with van der Waals surface area (Å²) in [6.07, 6.45) is 29.2. The monoisotopic (exact) mass is 469 g/mol. The van der Waals surface area contributed by atoms with Gasteiger partial charge in [-0.25, -0.2) is 0 Å². The second-order valence-corrected chi connectivity index (χ2v) is 13.2. The van der Waals surface area contributed by atoms with Crippen molar-refractivity contribution in [3.05, 3.63) is 24.4 Å². The maximum atomic E-state index is 4.47. The van der Waals surface area contributed by atoms with Gasteiger partial charge in [-0.05, 0) is 86.4 Å². The van der Waals surface area contributed by atoms with E-state index in [4.69, 9.17) is 0 Å². The van der Waals surface area contributed by atoms with E-state index in [1.807, 2.05) is 0 Å². The fourth-order valence-corrected chi connectivity index (χ4v) is 7.54. The Hall–Kier alpha value is -0.720. The molecule has 1 heteroatoms. The van der Waals surface area contributed by atoms with Gasteiger partial charge in [0.05, 0.1) is 0 Å². The number of nitrogens with one attached hydrogen (secondary N) is 1. The van der Waals surface area contributed by atoms with Crippen LogP contribution >= 0.6 is 0 Å². The summed E-state index contributed by atoms with van der Waals surface area (Å²) in [6.45, 7) is 15.1. The largest absolute Gasteiger partial charge is 0.388 e. The quantitative estimate of drug-likeness (QED) is 0.165. The molecule has 3 fully saturated rings. The molecule has 3 saturated carbocycles. The smallest absolute Gasteiger partial charge is 0.0206 e. The minimum atomic E-state index is 0.648. The zero-order valence-electron chi connectivity index (χ0n) is 23.6. The molecule has 0 radical (unpaired) electrons. The second kappa shape index (κ2) is 14.1. The van der Waals surface area contributed by atoms with E-state index in [1.165, 1.54) is 115 Å². The van der Waals surface area contributed by atoms with Crippen molar-refractivity contribution in [1.82, 2.24) is 5.32 Å². The topological polar surface area (TPSA) is 12.0 Å². The lowest BCUT2D eigenvalue weighted by Crippen LogP contribution is -2.27. The molecule has 1 nitrogen and oxygen atoms in total. The van der Waals surface area contributed by atoms with Crippen LogP contribution in [0.5, 0.6) is 0 Å². The number of rotatable bonds is 17. The summed E-state index contributed by atoms with van der Waals surface area (Å²) < 4.78 is 0. The summed E-state index contributed by atoms with van der Waals surface area (Å²) in [7, 11) is 0. The van der Waals surface area contributed by atoms with Crippen molar-refractivity contribution in [3.63, 3.8) is 0 Å². The van der Waals surface area contributed by atoms with Gasteiger partial charge in [0.2, 0.25) is 0 Å². The summed E-state index contributed by atoms with van der Waals surface area (Å²) in [5, 5.41) is 3.79. The average Bonchev–Trinajstić information content (AvgIpc) is 3.22. The molecule has 3 rings (SSSR count). The third kappa shape index (κ3) is 9.05. The van der Waals surface area contributed by atoms with Crippen molar-refractivity contribution in [1.29, 1.82) is 0 Å². The standard InChI is InChI=1S/C33H59N/c1-6-12-29(17-11-10-16-28-14-8-9-15-28)22-26(3)18-19-30(13-7-2)25-34-27(4)31-20-21-33(5)24-32(33)23-31/h7,13,26,28-32,34H,4,6,8-12,14-25H2,1-3,5H3/b13-7+. The van der Waals surface area contributed by atoms with Gasteiger partial charge < -0.3 is 5.32 Å². The van der Waals surface area contributed by atoms with Crippen LogP contribution < -0.4 is 5.32 Å². The number of allylic oxidation sites excluding steroid dienone is 2. The molecule has 0 aromatic rings. The van der Waals surface area contributed by atoms with Gasteiger partial charge >= 0.3 is 0 Å². The van der Waals surface area contributed by atoms with Gasteiger partial charge in [0.1, 0.15) is 0 Å². The highest BCUT2D eigenvalue weighted by Crippen LogP contribution is 2.62. The van der Waals surface area contributed by atoms with Crippen molar-refractivity contribution in [2.24, 2.45) is 40.9 Å². The normalized spacial score (nSPS) is 29.6. The number of fused-ring (bicyclic) bond motifs is 1. The molecule has 196 valence electrons. The van der Waals surface area contributed by atoms with Crippen LogP contribution in [0, 0.1) is 40.9 Å². The molecule has 0 aromatic heterocycles. The minimum absolute atomic E-state index is 0.648. The SMILES string of the molecule is C=C(NCC(/C=C/C)CCC(C)CC(CCC)CCCCC1CCCC1)C1CCC2(C)CC2C1. The second-order valence-electron chi connectivity index (χ2n) is 13.2. The molecule has 0 aromatic carbocycles. The van der Waals surface area contributed by atoms with E-state index in [2.05, 4.69) is 51.7 Å². The Balaban J connectivity index is 1.32. The summed E-state index contributed by atoms with van der Waals surface area (Å²) in [5.74, 6) is 5.23. The maximum absolute atomic E-state index is 4.47. The highest BCUT2D eigenvalue weighted by atomic mass is 14.9. The molecule has 0 heterocycles. The first kappa shape index (κ1) is 27.9. The van der Waals surface area contributed by atoms with E-state index in [1.54, 1.807) is 0 Å². The molecule has 6 atom stereocenters. The third-order valence-corrected chi connectivity index (χ3v) is 10.1. The zero-order chi connectivity index (χ0) is 24.4. The predicted molar refractivity (Wildman–Crippen MR) is 151 cm³/mol. The summed E-state index contributed by atoms with van der Waals surface area (Å²) in [6, 6.07) is 0. The van der Waals surface area contributed by atoms with Crippen LogP contribution in [0.15, 0.2) is 24.4 Å². The van der Waals surface area contributed by atoms with Crippen LogP contribution in [0.4, 0.5) is 0 Å². The van der Waals surface area contributed by atoms with Crippen LogP contribution in [0.25, 0.3) is 0 Å². The van der Waals surface area contributed by atoms with Crippen molar-refractivity contribution in [2.75, 3.05) is 6.54 Å². The molecular weight excluding hydrogens is 410 g/mol. The van der Waals surface area contributed by atoms with E-state index in [-0.39, 0.29) is 0 Å². The van der Waals surface area contributed by atoms with Gasteiger partial charge in [0, 0.05) is 12.2 Å². The van der Waals surface area contributed by atoms with Gasteiger partial charge in [-0.15, -0.1) is 0 Å². The van der Waals surface area contributed by atoms with Crippen molar-refractivity contribution < 1.29 is 0 Å². The van der Waals surface area contributed by atoms with Crippen molar-refractivity contribution >= 4 is 0 Å². The van der Waals surface area contributed by atoms with E-state index in [0.717, 1.165) is 30.2 Å². The minimum Gasteiger partial charge on any atom is -0.388 e. The van der Waals surface area contributed by atoms with Crippen LogP contribution in [-0.4, -0.2) is 6.54 Å². The van der Waals surface area contributed by atoms with Gasteiger partial charge in [0.25, 0.3) is 0 Å². The van der Waals surface area contributed by atoms with Gasteiger partial charge in [0.15, 0.2) is 0 Å². The first-order chi connectivity index (χ1) is 16.4. The number of hydrogen-bond acceptors (Lipinski definition) is 1. The molecule has 0 spiro atoms. The first-order valence-electron chi connectivity index (χ1n) is 15.5. The first-order valence-corrected chi connectivity index (χ1v) is 15.5. The van der Waals surface area contributed by atoms with Gasteiger partial charge in [-0.2, -0.15) is 0 Å². The zero-order valence-corrected chi connectivity index (χ0v) is 23.6. The number of unbranched alkanes of at least 4 members (excludes halogenated alkanes) is 1. The highest BCUT2D eigenvalue weighted by Gasteiger charge is 2.53. The van der Waals surface area contributed by atoms with Crippen LogP contribution in [0.1, 0.15) is 137 Å². The van der Waals surface area contributed by atoms with Crippen molar-refractivity contribution in [2.45, 2.75) is 137 Å². The molecule has 1 N–H and O–H groups in total. The Labute approximate surface area is 214 Å². The molecule has 3 aliphatic rings. The van der Waals surface area contributed by atoms with Crippen molar-refractivity contribution in [3.8, 4) is 0 Å². The van der Waals surface area contributed by atoms with Crippen LogP contribution in [-0.2, 0) is 0 Å². The lowest BCUT2D eigenvalue weighted by atomic mass is 9.81. The van der Waals surface area contributed by atoms with Gasteiger partial charge in [-0.1, -0.05) is 110 Å². The van der Waals surface area contributed by atoms with E-state index < -0.39 is 0 Å². The molecule has 0 saturated heterocycles. The predicted octanol–water partition coefficient (Wildman–Crippen LogP) is 10.1. The summed E-state index contributed by atoms with van der Waals surface area (Å²) in [4.78, 5) is 0. The van der Waals surface area contributed by atoms with Crippen LogP contribution in [0.2, 0.25) is 0 Å². The molecule has 0 bridgehead atoms. The van der Waals surface area contributed by atoms with Gasteiger partial charge in [-0.3, -0.25) is 0 Å². The molecule has 34 heavy (non-hydrogen) atoms. The Bertz CT molecular complexity index is 614. The molecule has 0 aliphatic heterocycles. The fraction of sp³-hybridized carbons (Fsp3) is 0.879. The highest BCUT2D eigenvalue weighted by molar-refractivity contribution is 5.10. The summed E-state index contributed by atoms with van der Waals surface area (Å²) >= 11 is 0. The Morgan fingerprint density at radius 3 is 2.59 bits per heavy atom. The Kier molecular flexibility index (Phi) is 11.6. The Morgan fingerprint density at radius 1 is 1.09 bits per heavy atom. The van der Waals surface area contributed by atoms with Crippen LogP contribution in [0.3, 0.4) is 0 Å². The third-order valence-electron chi connectivity index (χ3n) is 10.1. The summed E-state index contributed by atoms with van der Waals surface area (Å²) in [5.41, 5.74) is 2.03. The molecular formula is C33H59N. The lowest BCUT2D eigenvalue weighted by Gasteiger charge is -2.29. The molecule has 3 aliphatic carbocycles.